The van der Waals surface area contributed by atoms with Crippen molar-refractivity contribution in [2.24, 2.45) is 22.7 Å². The predicted molar refractivity (Wildman–Crippen MR) is 99.9 cm³/mol. The van der Waals surface area contributed by atoms with Gasteiger partial charge < -0.3 is 0 Å². The summed E-state index contributed by atoms with van der Waals surface area (Å²) in [7, 11) is 0. The molecule has 0 nitrogen and oxygen atoms in total. The van der Waals surface area contributed by atoms with Crippen molar-refractivity contribution in [3.63, 3.8) is 0 Å². The Hall–Kier alpha value is -0.420. The zero-order valence-electron chi connectivity index (χ0n) is 17.3. The fourth-order valence-electron chi connectivity index (χ4n) is 5.60. The first-order chi connectivity index (χ1) is 13.0. The first kappa shape index (κ1) is 23.9. The van der Waals surface area contributed by atoms with E-state index in [9.17, 15) is 26.3 Å². The molecule has 0 aromatic rings. The lowest BCUT2D eigenvalue weighted by molar-refractivity contribution is -0.351. The fraction of sp³-hybridized carbons (Fsp3) is 1.00. The highest BCUT2D eigenvalue weighted by Crippen LogP contribution is 2.59. The number of hydrogen-bond acceptors (Lipinski definition) is 0. The van der Waals surface area contributed by atoms with Crippen LogP contribution in [-0.2, 0) is 0 Å². The van der Waals surface area contributed by atoms with Crippen LogP contribution in [0.3, 0.4) is 0 Å². The minimum atomic E-state index is -5.21. The predicted octanol–water partition coefficient (Wildman–Crippen LogP) is 8.84. The average Bonchev–Trinajstić information content (AvgIpc) is 2.64. The summed E-state index contributed by atoms with van der Waals surface area (Å²) in [5.41, 5.74) is -3.07. The molecule has 2 aliphatic carbocycles. The zero-order valence-corrected chi connectivity index (χ0v) is 17.3. The van der Waals surface area contributed by atoms with Gasteiger partial charge in [-0.1, -0.05) is 46.0 Å². The SMILES string of the molecule is CCC1CCC(CC)(CCCCC2CCC(C(F)(F)F)(C(F)(F)F)CC2)CC1. The Morgan fingerprint density at radius 3 is 1.64 bits per heavy atom. The molecule has 0 aromatic carbocycles. The van der Waals surface area contributed by atoms with Crippen molar-refractivity contribution < 1.29 is 26.3 Å². The van der Waals surface area contributed by atoms with Crippen LogP contribution >= 0.6 is 0 Å². The number of rotatable bonds is 7. The van der Waals surface area contributed by atoms with Crippen LogP contribution in [0, 0.1) is 22.7 Å². The first-order valence-corrected chi connectivity index (χ1v) is 11.1. The van der Waals surface area contributed by atoms with Crippen molar-refractivity contribution in [2.45, 2.75) is 116 Å². The molecule has 0 N–H and O–H groups in total. The highest BCUT2D eigenvalue weighted by Gasteiger charge is 2.70. The van der Waals surface area contributed by atoms with E-state index in [1.807, 2.05) is 0 Å². The summed E-state index contributed by atoms with van der Waals surface area (Å²) in [5.74, 6) is 0.857. The Bertz CT molecular complexity index is 446. The molecule has 0 amide bonds. The number of hydrogen-bond donors (Lipinski definition) is 0. The third-order valence-electron chi connectivity index (χ3n) is 8.11. The molecular weight excluding hydrogens is 378 g/mol. The minimum absolute atomic E-state index is 0.00577. The van der Waals surface area contributed by atoms with Crippen molar-refractivity contribution in [3.05, 3.63) is 0 Å². The summed E-state index contributed by atoms with van der Waals surface area (Å²) >= 11 is 0. The first-order valence-electron chi connectivity index (χ1n) is 11.1. The van der Waals surface area contributed by atoms with Gasteiger partial charge in [0.2, 0.25) is 0 Å². The minimum Gasteiger partial charge on any atom is -0.170 e. The maximum atomic E-state index is 13.1. The highest BCUT2D eigenvalue weighted by atomic mass is 19.4. The highest BCUT2D eigenvalue weighted by molar-refractivity contribution is 4.96. The lowest BCUT2D eigenvalue weighted by atomic mass is 9.65. The summed E-state index contributed by atoms with van der Waals surface area (Å²) in [5, 5.41) is 0. The Balaban J connectivity index is 1.77. The van der Waals surface area contributed by atoms with Gasteiger partial charge in [-0.2, -0.15) is 26.3 Å². The summed E-state index contributed by atoms with van der Waals surface area (Å²) in [6, 6.07) is 0. The van der Waals surface area contributed by atoms with E-state index in [1.165, 1.54) is 38.5 Å². The standard InChI is InChI=1S/C22H36F6/c1-3-17-8-13-19(4-2,14-9-17)12-6-5-7-18-10-15-20(16-11-18,21(23,24)25)22(26,27)28/h17-18H,3-16H2,1-2H3. The Morgan fingerprint density at radius 1 is 0.714 bits per heavy atom. The molecule has 0 aliphatic heterocycles. The van der Waals surface area contributed by atoms with E-state index >= 15 is 0 Å². The second kappa shape index (κ2) is 9.16. The molecule has 2 fully saturated rings. The van der Waals surface area contributed by atoms with Gasteiger partial charge in [-0.25, -0.2) is 0 Å². The molecule has 0 heterocycles. The smallest absolute Gasteiger partial charge is 0.170 e. The molecule has 166 valence electrons. The molecular formula is C22H36F6. The topological polar surface area (TPSA) is 0 Å². The summed E-state index contributed by atoms with van der Waals surface area (Å²) in [6.07, 6.45) is -0.502. The molecule has 2 rings (SSSR count). The van der Waals surface area contributed by atoms with Crippen molar-refractivity contribution in [3.8, 4) is 0 Å². The third-order valence-corrected chi connectivity index (χ3v) is 8.11. The van der Waals surface area contributed by atoms with Gasteiger partial charge >= 0.3 is 12.4 Å². The second-order valence-corrected chi connectivity index (χ2v) is 9.47. The molecule has 0 aromatic heterocycles. The number of alkyl halides is 6. The van der Waals surface area contributed by atoms with Crippen LogP contribution in [0.1, 0.15) is 104 Å². The molecule has 0 bridgehead atoms. The molecule has 0 spiro atoms. The largest absolute Gasteiger partial charge is 0.403 e. The monoisotopic (exact) mass is 414 g/mol. The van der Waals surface area contributed by atoms with E-state index in [-0.39, 0.29) is 18.8 Å². The van der Waals surface area contributed by atoms with Gasteiger partial charge in [0.05, 0.1) is 0 Å². The summed E-state index contributed by atoms with van der Waals surface area (Å²) in [6.45, 7) is 4.50. The van der Waals surface area contributed by atoms with Crippen LogP contribution < -0.4 is 0 Å². The van der Waals surface area contributed by atoms with Crippen molar-refractivity contribution in [1.29, 1.82) is 0 Å². The Labute approximate surface area is 165 Å². The number of unbranched alkanes of at least 4 members (excludes halogenated alkanes) is 1. The average molecular weight is 415 g/mol. The summed E-state index contributed by atoms with van der Waals surface area (Å²) in [4.78, 5) is 0. The quantitative estimate of drug-likeness (QED) is 0.288. The van der Waals surface area contributed by atoms with Crippen molar-refractivity contribution in [2.75, 3.05) is 0 Å². The van der Waals surface area contributed by atoms with Crippen LogP contribution in [0.4, 0.5) is 26.3 Å². The normalized spacial score (nSPS) is 29.8. The molecule has 2 saturated carbocycles. The van der Waals surface area contributed by atoms with Gasteiger partial charge in [0.15, 0.2) is 5.41 Å². The van der Waals surface area contributed by atoms with Crippen LogP contribution in [0.15, 0.2) is 0 Å². The van der Waals surface area contributed by atoms with Crippen LogP contribution in [0.2, 0.25) is 0 Å². The molecule has 0 unspecified atom stereocenters. The van der Waals surface area contributed by atoms with E-state index in [0.29, 0.717) is 5.41 Å². The lowest BCUT2D eigenvalue weighted by Crippen LogP contribution is -2.52. The van der Waals surface area contributed by atoms with E-state index in [2.05, 4.69) is 13.8 Å². The zero-order chi connectivity index (χ0) is 21.1. The van der Waals surface area contributed by atoms with Gasteiger partial charge in [0, 0.05) is 0 Å². The Morgan fingerprint density at radius 2 is 1.21 bits per heavy atom. The molecule has 0 saturated heterocycles. The third kappa shape index (κ3) is 5.19. The Kier molecular flexibility index (Phi) is 7.80. The van der Waals surface area contributed by atoms with E-state index in [0.717, 1.165) is 31.6 Å². The molecule has 0 atom stereocenters. The maximum absolute atomic E-state index is 13.1. The van der Waals surface area contributed by atoms with Crippen molar-refractivity contribution >= 4 is 0 Å². The summed E-state index contributed by atoms with van der Waals surface area (Å²) < 4.78 is 78.9. The van der Waals surface area contributed by atoms with Crippen LogP contribution in [0.25, 0.3) is 0 Å². The van der Waals surface area contributed by atoms with Crippen LogP contribution in [0.5, 0.6) is 0 Å². The fourth-order valence-corrected chi connectivity index (χ4v) is 5.60. The van der Waals surface area contributed by atoms with E-state index < -0.39 is 30.6 Å². The van der Waals surface area contributed by atoms with E-state index in [4.69, 9.17) is 0 Å². The van der Waals surface area contributed by atoms with Crippen LogP contribution in [-0.4, -0.2) is 12.4 Å². The van der Waals surface area contributed by atoms with Crippen molar-refractivity contribution in [1.82, 2.24) is 0 Å². The van der Waals surface area contributed by atoms with Gasteiger partial charge in [-0.15, -0.1) is 0 Å². The molecule has 0 radical (unpaired) electrons. The molecule has 28 heavy (non-hydrogen) atoms. The van der Waals surface area contributed by atoms with Gasteiger partial charge in [-0.05, 0) is 75.0 Å². The van der Waals surface area contributed by atoms with E-state index in [1.54, 1.807) is 0 Å². The number of halogens is 6. The maximum Gasteiger partial charge on any atom is 0.403 e. The van der Waals surface area contributed by atoms with Gasteiger partial charge in [-0.3, -0.25) is 0 Å². The lowest BCUT2D eigenvalue weighted by Gasteiger charge is -2.42. The van der Waals surface area contributed by atoms with Gasteiger partial charge in [0.1, 0.15) is 0 Å². The molecule has 2 aliphatic rings. The molecule has 6 heteroatoms. The van der Waals surface area contributed by atoms with Gasteiger partial charge in [0.25, 0.3) is 0 Å². The second-order valence-electron chi connectivity index (χ2n) is 9.47.